The first-order valence-electron chi connectivity index (χ1n) is 5.97. The third-order valence-electron chi connectivity index (χ3n) is 3.08. The number of hydrogen-bond acceptors (Lipinski definition) is 10. The van der Waals surface area contributed by atoms with Crippen LogP contribution in [0, 0.1) is 0 Å². The van der Waals surface area contributed by atoms with Crippen molar-refractivity contribution in [3.05, 3.63) is 0 Å². The molecular formula is C10H10N2O10S2. The Morgan fingerprint density at radius 2 is 0.833 bits per heavy atom. The van der Waals surface area contributed by atoms with E-state index in [0.29, 0.717) is 12.5 Å². The van der Waals surface area contributed by atoms with Crippen LogP contribution >= 0.6 is 0 Å². The van der Waals surface area contributed by atoms with Gasteiger partial charge in [0.15, 0.2) is 0 Å². The molecule has 0 unspecified atom stereocenters. The van der Waals surface area contributed by atoms with Gasteiger partial charge in [-0.2, -0.15) is 16.8 Å². The molecule has 0 bridgehead atoms. The van der Waals surface area contributed by atoms with Crippen LogP contribution in [0.1, 0.15) is 0 Å². The van der Waals surface area contributed by atoms with Crippen molar-refractivity contribution in [2.75, 3.05) is 12.5 Å². The van der Waals surface area contributed by atoms with Gasteiger partial charge < -0.3 is 20.4 Å². The summed E-state index contributed by atoms with van der Waals surface area (Å²) in [5.74, 6) is -3.53. The summed E-state index contributed by atoms with van der Waals surface area (Å²) in [5.41, 5.74) is -1.02. The Hall–Kier alpha value is -2.74. The Morgan fingerprint density at radius 1 is 0.625 bits per heavy atom. The molecule has 0 saturated carbocycles. The lowest BCUT2D eigenvalue weighted by Crippen LogP contribution is -2.18. The fraction of sp³-hybridized carbons (Fsp3) is 0.200. The second kappa shape index (κ2) is 4.41. The topological polar surface area (TPSA) is 178 Å². The third kappa shape index (κ3) is 2.10. The second-order valence-electron chi connectivity index (χ2n) is 4.94. The summed E-state index contributed by atoms with van der Waals surface area (Å²) >= 11 is 0. The van der Waals surface area contributed by atoms with Gasteiger partial charge in [-0.15, -0.1) is 0 Å². The molecule has 24 heavy (non-hydrogen) atoms. The molecule has 0 radical (unpaired) electrons. The van der Waals surface area contributed by atoms with Crippen molar-refractivity contribution >= 4 is 20.2 Å². The van der Waals surface area contributed by atoms with Gasteiger partial charge >= 0.3 is 20.2 Å². The molecule has 2 aromatic heterocycles. The predicted molar refractivity (Wildman–Crippen MR) is 76.4 cm³/mol. The van der Waals surface area contributed by atoms with Crippen molar-refractivity contribution in [3.8, 4) is 45.8 Å². The first-order chi connectivity index (χ1) is 10.8. The van der Waals surface area contributed by atoms with E-state index in [2.05, 4.69) is 8.57 Å². The quantitative estimate of drug-likeness (QED) is 0.416. The fourth-order valence-corrected chi connectivity index (χ4v) is 3.17. The molecule has 2 aromatic rings. The van der Waals surface area contributed by atoms with Crippen LogP contribution in [0.25, 0.3) is 22.3 Å². The Balaban J connectivity index is 2.20. The van der Waals surface area contributed by atoms with Gasteiger partial charge in [0, 0.05) is 0 Å². The molecule has 3 rings (SSSR count). The van der Waals surface area contributed by atoms with Crippen LogP contribution in [0.3, 0.4) is 0 Å². The van der Waals surface area contributed by atoms with Crippen LogP contribution in [0.5, 0.6) is 23.5 Å². The number of hydrogen-bond donors (Lipinski definition) is 4. The minimum Gasteiger partial charge on any atom is -0.492 e. The van der Waals surface area contributed by atoms with Crippen molar-refractivity contribution in [1.29, 1.82) is 0 Å². The van der Waals surface area contributed by atoms with Gasteiger partial charge in [-0.25, -0.2) is 0 Å². The molecule has 0 spiro atoms. The number of aromatic hydroxyl groups is 4. The van der Waals surface area contributed by atoms with Crippen LogP contribution in [0.2, 0.25) is 0 Å². The van der Waals surface area contributed by atoms with Gasteiger partial charge in [0.1, 0.15) is 0 Å². The molecule has 4 N–H and O–H groups in total. The Kier molecular flexibility index (Phi) is 2.97. The molecule has 0 saturated heterocycles. The second-order valence-corrected chi connectivity index (χ2v) is 8.06. The van der Waals surface area contributed by atoms with Crippen LogP contribution in [-0.2, 0) is 20.2 Å². The van der Waals surface area contributed by atoms with Gasteiger partial charge in [-0.1, -0.05) is 9.46 Å². The van der Waals surface area contributed by atoms with Crippen molar-refractivity contribution < 1.29 is 45.8 Å². The van der Waals surface area contributed by atoms with E-state index in [1.165, 1.54) is 0 Å². The van der Waals surface area contributed by atoms with Crippen LogP contribution in [0.15, 0.2) is 0 Å². The highest BCUT2D eigenvalue weighted by atomic mass is 32.2. The van der Waals surface area contributed by atoms with E-state index in [-0.39, 0.29) is 31.7 Å². The number of fused-ring (bicyclic) bond motifs is 4. The lowest BCUT2D eigenvalue weighted by molar-refractivity contribution is 0.203. The van der Waals surface area contributed by atoms with E-state index in [9.17, 15) is 37.3 Å². The molecule has 14 heteroatoms. The zero-order valence-electron chi connectivity index (χ0n) is 11.9. The summed E-state index contributed by atoms with van der Waals surface area (Å²) in [7, 11) is -8.22. The smallest absolute Gasteiger partial charge is 0.324 e. The number of nitrogens with zero attached hydrogens (tertiary/aromatic N) is 2. The lowest BCUT2D eigenvalue weighted by atomic mass is 9.86. The normalized spacial score (nSPS) is 13.1. The lowest BCUT2D eigenvalue weighted by Gasteiger charge is -2.13. The molecule has 2 heterocycles. The number of aromatic nitrogens is 2. The summed E-state index contributed by atoms with van der Waals surface area (Å²) in [5, 5.41) is 39.9. The summed E-state index contributed by atoms with van der Waals surface area (Å²) < 4.78 is 53.7. The van der Waals surface area contributed by atoms with Crippen molar-refractivity contribution in [1.82, 2.24) is 9.46 Å². The van der Waals surface area contributed by atoms with Crippen molar-refractivity contribution in [2.24, 2.45) is 0 Å². The van der Waals surface area contributed by atoms with Crippen LogP contribution < -0.4 is 8.57 Å². The summed E-state index contributed by atoms with van der Waals surface area (Å²) in [6.45, 7) is 0. The van der Waals surface area contributed by atoms with E-state index < -0.39 is 43.8 Å². The molecule has 132 valence electrons. The molecule has 0 fully saturated rings. The van der Waals surface area contributed by atoms with E-state index in [1.54, 1.807) is 0 Å². The highest BCUT2D eigenvalue weighted by molar-refractivity contribution is 7.86. The van der Waals surface area contributed by atoms with Crippen LogP contribution in [0.4, 0.5) is 0 Å². The van der Waals surface area contributed by atoms with Gasteiger partial charge in [0.05, 0.1) is 34.8 Å². The van der Waals surface area contributed by atoms with E-state index in [4.69, 9.17) is 0 Å². The largest absolute Gasteiger partial charge is 0.492 e. The molecule has 0 atom stereocenters. The van der Waals surface area contributed by atoms with Crippen molar-refractivity contribution in [3.63, 3.8) is 0 Å². The van der Waals surface area contributed by atoms with Crippen LogP contribution in [-0.4, -0.2) is 59.2 Å². The Labute approximate surface area is 134 Å². The summed E-state index contributed by atoms with van der Waals surface area (Å²) in [6, 6.07) is 0. The zero-order valence-corrected chi connectivity index (χ0v) is 13.6. The SMILES string of the molecule is CS(=O)(=O)On1c(O)c2c(c1O)-c1c-2c(O)n(OS(C)(=O)=O)c1O. The van der Waals surface area contributed by atoms with Gasteiger partial charge in [-0.05, 0) is 0 Å². The maximum atomic E-state index is 11.1. The average molecular weight is 382 g/mol. The fourth-order valence-electron chi connectivity index (χ4n) is 2.35. The maximum Gasteiger partial charge on any atom is 0.324 e. The highest BCUT2D eigenvalue weighted by Crippen LogP contribution is 2.64. The average Bonchev–Trinajstić information content (AvgIpc) is 2.65. The molecule has 0 aliphatic heterocycles. The molecule has 0 aromatic carbocycles. The predicted octanol–water partition coefficient (Wildman–Crippen LogP) is -1.46. The molecule has 0 amide bonds. The van der Waals surface area contributed by atoms with E-state index in [0.717, 1.165) is 0 Å². The first kappa shape index (κ1) is 16.1. The molecular weight excluding hydrogens is 372 g/mol. The van der Waals surface area contributed by atoms with Crippen molar-refractivity contribution in [2.45, 2.75) is 0 Å². The highest BCUT2D eigenvalue weighted by Gasteiger charge is 2.45. The maximum absolute atomic E-state index is 11.1. The summed E-state index contributed by atoms with van der Waals surface area (Å²) in [4.78, 5) is 0. The van der Waals surface area contributed by atoms with E-state index >= 15 is 0 Å². The molecule has 1 aliphatic rings. The number of rotatable bonds is 4. The minimum atomic E-state index is -4.11. The molecule has 1 aliphatic carbocycles. The summed E-state index contributed by atoms with van der Waals surface area (Å²) in [6.07, 6.45) is 1.33. The minimum absolute atomic E-state index is 0.181. The van der Waals surface area contributed by atoms with Gasteiger partial charge in [0.2, 0.25) is 23.5 Å². The molecule has 12 nitrogen and oxygen atoms in total. The third-order valence-corrected chi connectivity index (χ3v) is 3.92. The zero-order chi connectivity index (χ0) is 18.2. The standard InChI is InChI=1S/C10H10N2O10S2/c1-23(17,18)21-11-7(13)3-4(8(11)14)6-5(3)9(15)12(10(6)16)22-24(2,19)20/h13-16H,1-2H3. The first-order valence-corrected chi connectivity index (χ1v) is 9.60. The van der Waals surface area contributed by atoms with E-state index in [1.807, 2.05) is 0 Å². The monoisotopic (exact) mass is 382 g/mol. The Morgan fingerprint density at radius 3 is 1.00 bits per heavy atom. The van der Waals surface area contributed by atoms with Gasteiger partial charge in [0.25, 0.3) is 0 Å². The Bertz CT molecular complexity index is 936. The van der Waals surface area contributed by atoms with Gasteiger partial charge in [-0.3, -0.25) is 8.57 Å².